The maximum Gasteiger partial charge on any atom is 0.323 e. The predicted octanol–water partition coefficient (Wildman–Crippen LogP) is 10.4. The normalized spacial score (nSPS) is 13.7. The molecule has 2 aliphatic heterocycles. The van der Waals surface area contributed by atoms with E-state index in [0.717, 1.165) is 91.1 Å². The minimum absolute atomic E-state index is 0.192. The molecule has 8 bridgehead atoms. The summed E-state index contributed by atoms with van der Waals surface area (Å²) in [5, 5.41) is 0. The average molecular weight is 833 g/mol. The number of benzene rings is 2. The van der Waals surface area contributed by atoms with Crippen molar-refractivity contribution in [1.29, 1.82) is 0 Å². The number of allylic oxidation sites excluding steroid dienone is 4. The molecule has 0 saturated heterocycles. The summed E-state index contributed by atoms with van der Waals surface area (Å²) in [7, 11) is 0. The molecule has 2 aliphatic rings. The third-order valence-corrected chi connectivity index (χ3v) is 12.4. The summed E-state index contributed by atoms with van der Waals surface area (Å²) in [4.78, 5) is 43.9. The van der Waals surface area contributed by atoms with Gasteiger partial charge in [-0.25, -0.2) is 9.97 Å². The van der Waals surface area contributed by atoms with Gasteiger partial charge in [0.05, 0.1) is 22.8 Å². The van der Waals surface area contributed by atoms with Crippen LogP contribution >= 0.6 is 0 Å². The molecule has 322 valence electrons. The van der Waals surface area contributed by atoms with Gasteiger partial charge in [-0.3, -0.25) is 9.59 Å². The molecule has 0 radical (unpaired) electrons. The van der Waals surface area contributed by atoms with E-state index in [1.165, 1.54) is 22.3 Å². The molecule has 0 saturated carbocycles. The van der Waals surface area contributed by atoms with Gasteiger partial charge in [0.15, 0.2) is 0 Å². The van der Waals surface area contributed by atoms with Gasteiger partial charge < -0.3 is 30.9 Å². The Balaban J connectivity index is 1.24. The van der Waals surface area contributed by atoms with E-state index >= 15 is 0 Å². The summed E-state index contributed by atoms with van der Waals surface area (Å²) < 4.78 is 11.1. The topological polar surface area (TPSA) is 162 Å². The van der Waals surface area contributed by atoms with Gasteiger partial charge in [0.25, 0.3) is 0 Å². The maximum absolute atomic E-state index is 12.9. The van der Waals surface area contributed by atoms with Crippen molar-refractivity contribution in [3.8, 4) is 0 Å². The van der Waals surface area contributed by atoms with Crippen molar-refractivity contribution in [3.63, 3.8) is 0 Å². The van der Waals surface area contributed by atoms with E-state index in [-0.39, 0.29) is 13.2 Å². The van der Waals surface area contributed by atoms with Crippen molar-refractivity contribution in [3.05, 3.63) is 141 Å². The van der Waals surface area contributed by atoms with Gasteiger partial charge in [-0.1, -0.05) is 74.5 Å². The summed E-state index contributed by atoms with van der Waals surface area (Å²) >= 11 is 0. The van der Waals surface area contributed by atoms with E-state index in [1.54, 1.807) is 0 Å². The van der Waals surface area contributed by atoms with Gasteiger partial charge in [-0.05, 0) is 159 Å². The minimum atomic E-state index is -0.741. The highest BCUT2D eigenvalue weighted by Gasteiger charge is 2.24. The standard InChI is InChI=1S/C52H60N6O4/c1-7-37-31(3)43-25-44-33(5)39(21-15-23-41(53)51(59)61-29-35-17-11-9-12-18-35)49(57-44)28-50-40(22-16-24-42(54)52(60)62-30-36-19-13-10-14-20-36)34(6)46(58-50)27-48-38(8-2)32(4)45(56-48)26-47(37)55-43/h9-14,17-20,25-28,41-42,55-56H,7-8,15-16,21-24,29-30,53-54H2,1-6H3. The monoisotopic (exact) mass is 832 g/mol. The number of carbonyl (C=O) groups is 2. The van der Waals surface area contributed by atoms with Crippen molar-refractivity contribution in [1.82, 2.24) is 19.9 Å². The van der Waals surface area contributed by atoms with Crippen LogP contribution in [-0.4, -0.2) is 44.0 Å². The highest BCUT2D eigenvalue weighted by Crippen LogP contribution is 2.38. The molecule has 3 aromatic heterocycles. The van der Waals surface area contributed by atoms with Crippen molar-refractivity contribution in [2.75, 3.05) is 0 Å². The number of rotatable bonds is 16. The summed E-state index contributed by atoms with van der Waals surface area (Å²) in [6, 6.07) is 26.4. The Morgan fingerprint density at radius 2 is 0.968 bits per heavy atom. The van der Waals surface area contributed by atoms with Crippen LogP contribution in [0.15, 0.2) is 84.9 Å². The minimum Gasteiger partial charge on any atom is -0.460 e. The van der Waals surface area contributed by atoms with Crippen LogP contribution in [-0.2, 0) is 45.1 Å². The van der Waals surface area contributed by atoms with Gasteiger partial charge in [0.1, 0.15) is 25.3 Å². The number of aryl methyl sites for hydroxylation is 4. The number of ether oxygens (including phenoxy) is 2. The number of hydrogen-bond acceptors (Lipinski definition) is 8. The molecule has 2 aromatic carbocycles. The van der Waals surface area contributed by atoms with Gasteiger partial charge in [0.2, 0.25) is 0 Å². The molecule has 62 heavy (non-hydrogen) atoms. The highest BCUT2D eigenvalue weighted by molar-refractivity contribution is 5.95. The quantitative estimate of drug-likeness (QED) is 0.0714. The summed E-state index contributed by atoms with van der Waals surface area (Å²) in [6.07, 6.45) is 5.35. The van der Waals surface area contributed by atoms with Crippen LogP contribution in [0.5, 0.6) is 0 Å². The first-order chi connectivity index (χ1) is 29.9. The Labute approximate surface area is 364 Å². The number of esters is 2. The SMILES string of the molecule is CCc1c(C)c2cc3[nH]c(cc4nc(cc5nc(cc1[nH]2)C(C)=C5CCCC(N)C(=O)OCc1ccccc1)C(CCCC(N)C(=O)OCc1ccccc1)=C4C)c(C)c3CC. The van der Waals surface area contributed by atoms with Crippen LogP contribution in [0.2, 0.25) is 0 Å². The van der Waals surface area contributed by atoms with Crippen LogP contribution in [0.1, 0.15) is 122 Å². The van der Waals surface area contributed by atoms with E-state index in [4.69, 9.17) is 30.9 Å². The first-order valence-corrected chi connectivity index (χ1v) is 22.0. The number of fused-ring (bicyclic) bond motifs is 8. The number of nitrogens with zero attached hydrogens (tertiary/aromatic N) is 2. The molecule has 0 fully saturated rings. The molecule has 10 nitrogen and oxygen atoms in total. The van der Waals surface area contributed by atoms with E-state index in [2.05, 4.69) is 75.8 Å². The van der Waals surface area contributed by atoms with Crippen LogP contribution < -0.4 is 11.5 Å². The summed E-state index contributed by atoms with van der Waals surface area (Å²) in [6.45, 7) is 13.4. The summed E-state index contributed by atoms with van der Waals surface area (Å²) in [5.74, 6) is -0.814. The number of H-pyrrole nitrogens is 2. The number of carbonyl (C=O) groups excluding carboxylic acids is 2. The Hall–Kier alpha value is -6.10. The lowest BCUT2D eigenvalue weighted by molar-refractivity contribution is -0.147. The van der Waals surface area contributed by atoms with Crippen LogP contribution in [0.4, 0.5) is 0 Å². The van der Waals surface area contributed by atoms with Crippen LogP contribution in [0, 0.1) is 13.8 Å². The van der Waals surface area contributed by atoms with E-state index in [0.29, 0.717) is 38.5 Å². The van der Waals surface area contributed by atoms with Gasteiger partial charge >= 0.3 is 11.9 Å². The van der Waals surface area contributed by atoms with Gasteiger partial charge in [-0.2, -0.15) is 0 Å². The zero-order chi connectivity index (χ0) is 43.9. The lowest BCUT2D eigenvalue weighted by Gasteiger charge is -2.13. The van der Waals surface area contributed by atoms with Crippen LogP contribution in [0.3, 0.4) is 0 Å². The molecule has 7 rings (SSSR count). The van der Waals surface area contributed by atoms with Crippen molar-refractivity contribution in [2.45, 2.75) is 118 Å². The lowest BCUT2D eigenvalue weighted by atomic mass is 9.96. The zero-order valence-corrected chi connectivity index (χ0v) is 37.0. The fourth-order valence-corrected chi connectivity index (χ4v) is 8.66. The second-order valence-corrected chi connectivity index (χ2v) is 16.6. The Kier molecular flexibility index (Phi) is 14.0. The fourth-order valence-electron chi connectivity index (χ4n) is 8.66. The number of hydrogen-bond donors (Lipinski definition) is 4. The largest absolute Gasteiger partial charge is 0.460 e. The first kappa shape index (κ1) is 44.0. The average Bonchev–Trinajstić information content (AvgIpc) is 3.94. The Morgan fingerprint density at radius 1 is 0.565 bits per heavy atom. The molecule has 5 heterocycles. The number of aromatic amines is 2. The van der Waals surface area contributed by atoms with E-state index in [1.807, 2.05) is 60.7 Å². The molecule has 10 heteroatoms. The molecule has 0 spiro atoms. The fraction of sp³-hybridized carbons (Fsp3) is 0.346. The molecule has 2 atom stereocenters. The summed E-state index contributed by atoms with van der Waals surface area (Å²) in [5.41, 5.74) is 31.6. The smallest absolute Gasteiger partial charge is 0.323 e. The highest BCUT2D eigenvalue weighted by atomic mass is 16.5. The lowest BCUT2D eigenvalue weighted by Crippen LogP contribution is -2.32. The van der Waals surface area contributed by atoms with Gasteiger partial charge in [0, 0.05) is 22.1 Å². The second-order valence-electron chi connectivity index (χ2n) is 16.6. The molecular formula is C52H60N6O4. The van der Waals surface area contributed by atoms with Crippen molar-refractivity contribution < 1.29 is 19.1 Å². The molecular weight excluding hydrogens is 773 g/mol. The second kappa shape index (κ2) is 19.7. The molecule has 2 unspecified atom stereocenters. The Bertz CT molecular complexity index is 2670. The van der Waals surface area contributed by atoms with E-state index in [9.17, 15) is 9.59 Å². The number of aromatic nitrogens is 4. The van der Waals surface area contributed by atoms with Gasteiger partial charge in [-0.15, -0.1) is 0 Å². The van der Waals surface area contributed by atoms with Crippen molar-refractivity contribution >= 4 is 56.3 Å². The third kappa shape index (κ3) is 9.83. The first-order valence-electron chi connectivity index (χ1n) is 22.0. The third-order valence-electron chi connectivity index (χ3n) is 12.4. The molecule has 6 N–H and O–H groups in total. The molecule has 0 aliphatic carbocycles. The maximum atomic E-state index is 12.9. The molecule has 5 aromatic rings. The van der Waals surface area contributed by atoms with Crippen molar-refractivity contribution in [2.24, 2.45) is 11.5 Å². The number of nitrogens with two attached hydrogens (primary N) is 2. The van der Waals surface area contributed by atoms with Crippen LogP contribution in [0.25, 0.3) is 44.4 Å². The molecule has 0 amide bonds. The predicted molar refractivity (Wildman–Crippen MR) is 250 cm³/mol. The zero-order valence-electron chi connectivity index (χ0n) is 37.0. The van der Waals surface area contributed by atoms with E-state index < -0.39 is 24.0 Å². The number of nitrogens with one attached hydrogen (secondary N) is 2. The Morgan fingerprint density at radius 3 is 1.40 bits per heavy atom.